The molecule has 2 aromatic rings. The molecule has 0 aliphatic heterocycles. The van der Waals surface area contributed by atoms with Gasteiger partial charge in [0.25, 0.3) is 0 Å². The Labute approximate surface area is 124 Å². The summed E-state index contributed by atoms with van der Waals surface area (Å²) in [5.41, 5.74) is 1.12. The maximum Gasteiger partial charge on any atom is 0.130 e. The highest BCUT2D eigenvalue weighted by Crippen LogP contribution is 2.57. The Hall–Kier alpha value is -1.74. The van der Waals surface area contributed by atoms with Gasteiger partial charge in [-0.25, -0.2) is 8.78 Å². The van der Waals surface area contributed by atoms with Crippen LogP contribution in [-0.4, -0.2) is 6.54 Å². The van der Waals surface area contributed by atoms with Crippen LogP contribution in [0.4, 0.5) is 8.78 Å². The zero-order valence-corrected chi connectivity index (χ0v) is 12.1. The van der Waals surface area contributed by atoms with E-state index in [0.29, 0.717) is 6.54 Å². The number of halogens is 2. The molecule has 0 heterocycles. The van der Waals surface area contributed by atoms with E-state index >= 15 is 0 Å². The first kappa shape index (κ1) is 14.2. The maximum absolute atomic E-state index is 14.2. The molecule has 1 aliphatic rings. The van der Waals surface area contributed by atoms with Gasteiger partial charge in [0, 0.05) is 17.0 Å². The molecule has 0 spiro atoms. The molecule has 21 heavy (non-hydrogen) atoms. The monoisotopic (exact) mass is 287 g/mol. The fraction of sp³-hybridized carbons (Fsp3) is 0.333. The Bertz CT molecular complexity index is 600. The van der Waals surface area contributed by atoms with E-state index in [9.17, 15) is 8.78 Å². The number of likely N-dealkylation sites (N-methyl/N-ethyl adjacent to an activating group) is 1. The van der Waals surface area contributed by atoms with Crippen molar-refractivity contribution in [3.8, 4) is 0 Å². The smallest absolute Gasteiger partial charge is 0.130 e. The molecule has 2 aromatic carbocycles. The van der Waals surface area contributed by atoms with Gasteiger partial charge < -0.3 is 5.32 Å². The summed E-state index contributed by atoms with van der Waals surface area (Å²) in [7, 11) is 0. The van der Waals surface area contributed by atoms with Crippen molar-refractivity contribution in [3.05, 3.63) is 71.3 Å². The van der Waals surface area contributed by atoms with Crippen LogP contribution < -0.4 is 5.32 Å². The highest BCUT2D eigenvalue weighted by molar-refractivity contribution is 5.39. The van der Waals surface area contributed by atoms with E-state index in [4.69, 9.17) is 0 Å². The fourth-order valence-electron chi connectivity index (χ4n) is 3.21. The molecule has 1 unspecified atom stereocenters. The third-order valence-electron chi connectivity index (χ3n) is 4.39. The van der Waals surface area contributed by atoms with Crippen LogP contribution in [0.1, 0.15) is 36.9 Å². The van der Waals surface area contributed by atoms with Crippen molar-refractivity contribution in [2.45, 2.75) is 31.2 Å². The molecule has 0 aromatic heterocycles. The van der Waals surface area contributed by atoms with Crippen LogP contribution in [0.3, 0.4) is 0 Å². The second-order valence-corrected chi connectivity index (χ2v) is 5.65. The highest BCUT2D eigenvalue weighted by atomic mass is 19.1. The molecule has 0 amide bonds. The van der Waals surface area contributed by atoms with Crippen molar-refractivity contribution in [2.24, 2.45) is 0 Å². The van der Waals surface area contributed by atoms with Gasteiger partial charge in [0.05, 0.1) is 0 Å². The highest BCUT2D eigenvalue weighted by Gasteiger charge is 2.52. The lowest BCUT2D eigenvalue weighted by Crippen LogP contribution is -2.33. The Morgan fingerprint density at radius 3 is 2.14 bits per heavy atom. The number of nitrogens with one attached hydrogen (secondary N) is 1. The van der Waals surface area contributed by atoms with Gasteiger partial charge in [0.15, 0.2) is 0 Å². The van der Waals surface area contributed by atoms with E-state index in [1.54, 1.807) is 0 Å². The third-order valence-corrected chi connectivity index (χ3v) is 4.39. The molecule has 1 N–H and O–H groups in total. The van der Waals surface area contributed by atoms with Gasteiger partial charge in [-0.05, 0) is 37.1 Å². The molecule has 1 saturated carbocycles. The first-order valence-electron chi connectivity index (χ1n) is 7.42. The minimum atomic E-state index is -0.469. The molecule has 3 rings (SSSR count). The Morgan fingerprint density at radius 2 is 1.62 bits per heavy atom. The molecule has 3 heteroatoms. The summed E-state index contributed by atoms with van der Waals surface area (Å²) < 4.78 is 28.4. The molecular weight excluding hydrogens is 268 g/mol. The molecule has 110 valence electrons. The summed E-state index contributed by atoms with van der Waals surface area (Å²) in [6.45, 7) is 2.64. The molecule has 0 saturated heterocycles. The summed E-state index contributed by atoms with van der Waals surface area (Å²) in [4.78, 5) is 0. The number of rotatable bonds is 5. The van der Waals surface area contributed by atoms with Gasteiger partial charge in [-0.2, -0.15) is 0 Å². The Balaban J connectivity index is 2.07. The van der Waals surface area contributed by atoms with Crippen molar-refractivity contribution in [1.82, 2.24) is 5.32 Å². The Kier molecular flexibility index (Phi) is 3.77. The lowest BCUT2D eigenvalue weighted by Gasteiger charge is -2.29. The molecule has 0 radical (unpaired) electrons. The van der Waals surface area contributed by atoms with Crippen LogP contribution in [0.2, 0.25) is 0 Å². The van der Waals surface area contributed by atoms with Gasteiger partial charge in [-0.15, -0.1) is 0 Å². The van der Waals surface area contributed by atoms with E-state index in [0.717, 1.165) is 18.4 Å². The van der Waals surface area contributed by atoms with Gasteiger partial charge in [0.2, 0.25) is 0 Å². The first-order chi connectivity index (χ1) is 10.2. The normalized spacial score (nSPS) is 17.5. The summed E-state index contributed by atoms with van der Waals surface area (Å²) in [6.07, 6.45) is 1.89. The zero-order chi connectivity index (χ0) is 14.9. The van der Waals surface area contributed by atoms with E-state index in [-0.39, 0.29) is 17.0 Å². The molecule has 1 fully saturated rings. The summed E-state index contributed by atoms with van der Waals surface area (Å²) in [6, 6.07) is 13.8. The van der Waals surface area contributed by atoms with Crippen LogP contribution in [0, 0.1) is 11.6 Å². The summed E-state index contributed by atoms with van der Waals surface area (Å²) >= 11 is 0. The minimum absolute atomic E-state index is 0.167. The second-order valence-electron chi connectivity index (χ2n) is 5.65. The average Bonchev–Trinajstić information content (AvgIpc) is 3.29. The van der Waals surface area contributed by atoms with E-state index in [1.165, 1.54) is 18.2 Å². The van der Waals surface area contributed by atoms with E-state index in [2.05, 4.69) is 17.4 Å². The number of hydrogen-bond acceptors (Lipinski definition) is 1. The quantitative estimate of drug-likeness (QED) is 0.862. The van der Waals surface area contributed by atoms with Gasteiger partial charge in [0.1, 0.15) is 11.6 Å². The van der Waals surface area contributed by atoms with E-state index in [1.807, 2.05) is 25.1 Å². The second kappa shape index (κ2) is 5.57. The third kappa shape index (κ3) is 2.46. The van der Waals surface area contributed by atoms with Crippen LogP contribution in [0.5, 0.6) is 0 Å². The van der Waals surface area contributed by atoms with Gasteiger partial charge >= 0.3 is 0 Å². The molecule has 1 atom stereocenters. The lowest BCUT2D eigenvalue weighted by atomic mass is 9.83. The summed E-state index contributed by atoms with van der Waals surface area (Å²) in [5.74, 6) is -0.939. The number of hydrogen-bond donors (Lipinski definition) is 1. The maximum atomic E-state index is 14.2. The SMILES string of the molecule is CCNC(c1c(F)cccc1F)C1(c2ccccc2)CC1. The predicted molar refractivity (Wildman–Crippen MR) is 80.1 cm³/mol. The van der Waals surface area contributed by atoms with Crippen LogP contribution in [0.25, 0.3) is 0 Å². The predicted octanol–water partition coefficient (Wildman–Crippen LogP) is 4.35. The van der Waals surface area contributed by atoms with Gasteiger partial charge in [-0.3, -0.25) is 0 Å². The Morgan fingerprint density at radius 1 is 1.00 bits per heavy atom. The topological polar surface area (TPSA) is 12.0 Å². The van der Waals surface area contributed by atoms with Crippen molar-refractivity contribution in [3.63, 3.8) is 0 Å². The lowest BCUT2D eigenvalue weighted by molar-refractivity contribution is 0.401. The molecular formula is C18H19F2N. The number of benzene rings is 2. The van der Waals surface area contributed by atoms with Crippen molar-refractivity contribution in [2.75, 3.05) is 6.54 Å². The van der Waals surface area contributed by atoms with Crippen molar-refractivity contribution < 1.29 is 8.78 Å². The van der Waals surface area contributed by atoms with Gasteiger partial charge in [-0.1, -0.05) is 43.3 Å². The van der Waals surface area contributed by atoms with Crippen LogP contribution in [-0.2, 0) is 5.41 Å². The average molecular weight is 287 g/mol. The van der Waals surface area contributed by atoms with Crippen molar-refractivity contribution in [1.29, 1.82) is 0 Å². The zero-order valence-electron chi connectivity index (χ0n) is 12.1. The molecule has 0 bridgehead atoms. The minimum Gasteiger partial charge on any atom is -0.309 e. The van der Waals surface area contributed by atoms with Crippen LogP contribution in [0.15, 0.2) is 48.5 Å². The molecule has 1 aliphatic carbocycles. The molecule has 1 nitrogen and oxygen atoms in total. The summed E-state index contributed by atoms with van der Waals surface area (Å²) in [5, 5.41) is 3.30. The van der Waals surface area contributed by atoms with Crippen molar-refractivity contribution >= 4 is 0 Å². The largest absolute Gasteiger partial charge is 0.309 e. The van der Waals surface area contributed by atoms with E-state index < -0.39 is 11.6 Å². The standard InChI is InChI=1S/C18H19F2N/c1-2-21-17(16-14(19)9-6-10-15(16)20)18(11-12-18)13-7-4-3-5-8-13/h3-10,17,21H,2,11-12H2,1H3. The van der Waals surface area contributed by atoms with Crippen LogP contribution >= 0.6 is 0 Å². The first-order valence-corrected chi connectivity index (χ1v) is 7.42. The fourth-order valence-corrected chi connectivity index (χ4v) is 3.21.